The fraction of sp³-hybridized carbons (Fsp3) is 0.825. The van der Waals surface area contributed by atoms with Gasteiger partial charge < -0.3 is 26.2 Å². The minimum Gasteiger partial charge on any atom is -0.393 e. The molecule has 0 fully saturated rings. The Morgan fingerprint density at radius 3 is 1.66 bits per heavy atom. The second-order valence-electron chi connectivity index (χ2n) is 13.7. The van der Waals surface area contributed by atoms with Gasteiger partial charge in [0, 0.05) is 6.54 Å². The highest BCUT2D eigenvalue weighted by Crippen LogP contribution is 2.43. The molecule has 50 heavy (non-hydrogen) atoms. The molecule has 0 heterocycles. The van der Waals surface area contributed by atoms with Gasteiger partial charge >= 0.3 is 7.82 Å². The molecular formula is C40H77N2O7P. The van der Waals surface area contributed by atoms with Crippen LogP contribution < -0.4 is 11.1 Å². The van der Waals surface area contributed by atoms with E-state index >= 15 is 0 Å². The summed E-state index contributed by atoms with van der Waals surface area (Å²) in [6, 6.07) is -1.01. The number of nitrogens with two attached hydrogens (primary N) is 1. The molecule has 1 amide bonds. The average Bonchev–Trinajstić information content (AvgIpc) is 3.09. The third-order valence-electron chi connectivity index (χ3n) is 8.74. The zero-order valence-electron chi connectivity index (χ0n) is 32.0. The summed E-state index contributed by atoms with van der Waals surface area (Å²) in [5, 5.41) is 23.9. The molecule has 0 radical (unpaired) electrons. The van der Waals surface area contributed by atoms with Gasteiger partial charge in [-0.3, -0.25) is 13.8 Å². The van der Waals surface area contributed by atoms with Crippen molar-refractivity contribution in [1.82, 2.24) is 5.32 Å². The second-order valence-corrected chi connectivity index (χ2v) is 15.1. The number of aliphatic hydroxyl groups is 2. The molecule has 0 aliphatic rings. The predicted octanol–water partition coefficient (Wildman–Crippen LogP) is 9.75. The Morgan fingerprint density at radius 2 is 1.14 bits per heavy atom. The molecule has 10 heteroatoms. The van der Waals surface area contributed by atoms with Crippen molar-refractivity contribution in [2.45, 2.75) is 193 Å². The van der Waals surface area contributed by atoms with E-state index in [-0.39, 0.29) is 19.6 Å². The highest BCUT2D eigenvalue weighted by Gasteiger charge is 2.27. The van der Waals surface area contributed by atoms with E-state index in [0.29, 0.717) is 12.8 Å². The van der Waals surface area contributed by atoms with Crippen LogP contribution in [0.3, 0.4) is 0 Å². The van der Waals surface area contributed by atoms with E-state index in [1.807, 2.05) is 6.08 Å². The van der Waals surface area contributed by atoms with Gasteiger partial charge in [-0.15, -0.1) is 0 Å². The molecule has 0 saturated carbocycles. The van der Waals surface area contributed by atoms with Crippen LogP contribution in [0.4, 0.5) is 0 Å². The van der Waals surface area contributed by atoms with Crippen molar-refractivity contribution in [3.8, 4) is 0 Å². The summed E-state index contributed by atoms with van der Waals surface area (Å²) in [4.78, 5) is 22.6. The fourth-order valence-corrected chi connectivity index (χ4v) is 6.42. The van der Waals surface area contributed by atoms with E-state index in [1.165, 1.54) is 109 Å². The van der Waals surface area contributed by atoms with E-state index in [4.69, 9.17) is 14.8 Å². The number of phosphoric ester groups is 1. The van der Waals surface area contributed by atoms with E-state index < -0.39 is 38.6 Å². The van der Waals surface area contributed by atoms with Crippen LogP contribution in [-0.2, 0) is 18.4 Å². The quantitative estimate of drug-likeness (QED) is 0.0241. The number of phosphoric acid groups is 1. The van der Waals surface area contributed by atoms with Crippen LogP contribution in [0, 0.1) is 0 Å². The largest absolute Gasteiger partial charge is 0.472 e. The molecule has 6 N–H and O–H groups in total. The molecule has 0 aromatic rings. The molecule has 0 aliphatic carbocycles. The Kier molecular flexibility index (Phi) is 35.1. The Labute approximate surface area is 306 Å². The zero-order chi connectivity index (χ0) is 37.0. The lowest BCUT2D eigenvalue weighted by molar-refractivity contribution is -0.124. The van der Waals surface area contributed by atoms with Gasteiger partial charge in [0.2, 0.25) is 5.91 Å². The van der Waals surface area contributed by atoms with Gasteiger partial charge in [0.25, 0.3) is 0 Å². The molecule has 0 aromatic carbocycles. The first-order chi connectivity index (χ1) is 24.3. The summed E-state index contributed by atoms with van der Waals surface area (Å²) in [5.41, 5.74) is 5.34. The van der Waals surface area contributed by atoms with Crippen LogP contribution in [-0.4, -0.2) is 59.0 Å². The lowest BCUT2D eigenvalue weighted by atomic mass is 10.1. The normalized spacial score (nSPS) is 15.2. The number of carbonyl (C=O) groups is 1. The number of carbonyl (C=O) groups excluding carboxylic acids is 1. The van der Waals surface area contributed by atoms with Crippen molar-refractivity contribution in [2.75, 3.05) is 19.8 Å². The maximum atomic E-state index is 12.7. The number of unbranched alkanes of at least 4 members (excludes halogenated alkanes) is 19. The summed E-state index contributed by atoms with van der Waals surface area (Å²) < 4.78 is 22.0. The molecular weight excluding hydrogens is 651 g/mol. The number of allylic oxidation sites excluding steroid dienone is 5. The summed E-state index contributed by atoms with van der Waals surface area (Å²) in [6.45, 7) is 3.91. The zero-order valence-corrected chi connectivity index (χ0v) is 32.9. The van der Waals surface area contributed by atoms with Crippen molar-refractivity contribution in [2.24, 2.45) is 5.73 Å². The number of nitrogens with one attached hydrogen (secondary N) is 1. The summed E-state index contributed by atoms with van der Waals surface area (Å²) in [5.74, 6) is -0.474. The van der Waals surface area contributed by atoms with Crippen LogP contribution in [0.25, 0.3) is 0 Å². The molecule has 0 rings (SSSR count). The van der Waals surface area contributed by atoms with Gasteiger partial charge in [-0.05, 0) is 57.8 Å². The number of hydrogen-bond acceptors (Lipinski definition) is 7. The van der Waals surface area contributed by atoms with Crippen LogP contribution in [0.5, 0.6) is 0 Å². The standard InChI is InChI=1S/C40H77N2O7P/c1-3-5-7-9-11-13-15-16-17-18-19-20-22-24-26-28-30-32-39(44)38(36-49-50(46,47)48-34-33-41)42-40(45)35-37(43)31-29-27-25-23-21-14-12-10-8-6-4-2/h22-25,30,32,37-39,43-44H,3-21,26-29,31,33-36,41H2,1-2H3,(H,42,45)(H,46,47)/b24-22+,25-23-,32-30+. The van der Waals surface area contributed by atoms with Gasteiger partial charge in [-0.2, -0.15) is 0 Å². The molecule has 0 spiro atoms. The lowest BCUT2D eigenvalue weighted by Gasteiger charge is -2.24. The number of aliphatic hydroxyl groups excluding tert-OH is 2. The van der Waals surface area contributed by atoms with Gasteiger partial charge in [0.15, 0.2) is 0 Å². The second kappa shape index (κ2) is 36.1. The van der Waals surface area contributed by atoms with E-state index in [1.54, 1.807) is 6.08 Å². The van der Waals surface area contributed by atoms with E-state index in [9.17, 15) is 24.5 Å². The Morgan fingerprint density at radius 1 is 0.680 bits per heavy atom. The van der Waals surface area contributed by atoms with Crippen LogP contribution >= 0.6 is 7.82 Å². The first-order valence-electron chi connectivity index (χ1n) is 20.2. The number of amides is 1. The third kappa shape index (κ3) is 33.8. The van der Waals surface area contributed by atoms with Crippen molar-refractivity contribution < 1.29 is 33.5 Å². The summed E-state index contributed by atoms with van der Waals surface area (Å²) in [7, 11) is -4.41. The Balaban J connectivity index is 4.48. The Hall–Kier alpha value is -1.32. The fourth-order valence-electron chi connectivity index (χ4n) is 5.66. The van der Waals surface area contributed by atoms with Gasteiger partial charge in [-0.1, -0.05) is 147 Å². The minimum absolute atomic E-state index is 0.0417. The summed E-state index contributed by atoms with van der Waals surface area (Å²) >= 11 is 0. The van der Waals surface area contributed by atoms with Crippen LogP contribution in [0.1, 0.15) is 174 Å². The van der Waals surface area contributed by atoms with E-state index in [2.05, 4.69) is 43.5 Å². The highest BCUT2D eigenvalue weighted by molar-refractivity contribution is 7.47. The van der Waals surface area contributed by atoms with Gasteiger partial charge in [-0.25, -0.2) is 4.57 Å². The monoisotopic (exact) mass is 729 g/mol. The first-order valence-corrected chi connectivity index (χ1v) is 21.7. The van der Waals surface area contributed by atoms with Gasteiger partial charge in [0.1, 0.15) is 0 Å². The number of hydrogen-bond donors (Lipinski definition) is 5. The highest BCUT2D eigenvalue weighted by atomic mass is 31.2. The van der Waals surface area contributed by atoms with Gasteiger partial charge in [0.05, 0.1) is 37.9 Å². The van der Waals surface area contributed by atoms with Crippen molar-refractivity contribution >= 4 is 13.7 Å². The molecule has 0 aromatic heterocycles. The van der Waals surface area contributed by atoms with Crippen molar-refractivity contribution in [1.29, 1.82) is 0 Å². The topological polar surface area (TPSA) is 151 Å². The maximum absolute atomic E-state index is 12.7. The minimum atomic E-state index is -4.41. The van der Waals surface area contributed by atoms with Crippen LogP contribution in [0.15, 0.2) is 36.5 Å². The van der Waals surface area contributed by atoms with E-state index in [0.717, 1.165) is 32.1 Å². The lowest BCUT2D eigenvalue weighted by Crippen LogP contribution is -2.46. The van der Waals surface area contributed by atoms with Crippen molar-refractivity contribution in [3.05, 3.63) is 36.5 Å². The number of rotatable bonds is 37. The molecule has 4 atom stereocenters. The maximum Gasteiger partial charge on any atom is 0.472 e. The summed E-state index contributed by atoms with van der Waals surface area (Å²) in [6.07, 6.45) is 38.1. The molecule has 0 saturated heterocycles. The molecule has 0 bridgehead atoms. The van der Waals surface area contributed by atoms with Crippen molar-refractivity contribution in [3.63, 3.8) is 0 Å². The molecule has 294 valence electrons. The average molecular weight is 729 g/mol. The Bertz CT molecular complexity index is 899. The third-order valence-corrected chi connectivity index (χ3v) is 9.73. The molecule has 9 nitrogen and oxygen atoms in total. The van der Waals surface area contributed by atoms with Crippen LogP contribution in [0.2, 0.25) is 0 Å². The smallest absolute Gasteiger partial charge is 0.393 e. The molecule has 0 aliphatic heterocycles. The SMILES string of the molecule is CCCCCCCC/C=C\CCCC(O)CC(=O)NC(COP(=O)(O)OCCN)C(O)/C=C/CC/C=C/CCCCCCCCCCCCC. The molecule has 4 unspecified atom stereocenters. The first kappa shape index (κ1) is 48.7. The predicted molar refractivity (Wildman–Crippen MR) is 209 cm³/mol.